The van der Waals surface area contributed by atoms with Crippen molar-refractivity contribution in [3.63, 3.8) is 0 Å². The Morgan fingerprint density at radius 1 is 1.12 bits per heavy atom. The van der Waals surface area contributed by atoms with Gasteiger partial charge in [-0.1, -0.05) is 41.5 Å². The zero-order chi connectivity index (χ0) is 17.8. The Morgan fingerprint density at radius 3 is 2.60 bits per heavy atom. The van der Waals surface area contributed by atoms with Crippen molar-refractivity contribution in [1.82, 2.24) is 9.97 Å². The fraction of sp³-hybridized carbons (Fsp3) is 0.250. The van der Waals surface area contributed by atoms with E-state index in [1.54, 1.807) is 18.2 Å². The largest absolute Gasteiger partial charge is 0.461 e. The average Bonchev–Trinajstić information content (AvgIpc) is 2.57. The molecule has 25 heavy (non-hydrogen) atoms. The quantitative estimate of drug-likeness (QED) is 0.726. The molecule has 0 bridgehead atoms. The van der Waals surface area contributed by atoms with Gasteiger partial charge < -0.3 is 9.72 Å². The Bertz CT molecular complexity index is 956. The first-order chi connectivity index (χ1) is 12.0. The fourth-order valence-electron chi connectivity index (χ4n) is 2.86. The van der Waals surface area contributed by atoms with Gasteiger partial charge in [0.2, 0.25) is 0 Å². The van der Waals surface area contributed by atoms with Gasteiger partial charge in [0.1, 0.15) is 12.4 Å². The van der Waals surface area contributed by atoms with Crippen LogP contribution in [0.4, 0.5) is 0 Å². The van der Waals surface area contributed by atoms with Crippen molar-refractivity contribution in [1.29, 1.82) is 0 Å². The third-order valence-electron chi connectivity index (χ3n) is 3.91. The van der Waals surface area contributed by atoms with Crippen molar-refractivity contribution in [2.75, 3.05) is 0 Å². The third-order valence-corrected chi connectivity index (χ3v) is 3.91. The maximum absolute atomic E-state index is 12.0. The van der Waals surface area contributed by atoms with Gasteiger partial charge in [0, 0.05) is 6.42 Å². The van der Waals surface area contributed by atoms with Crippen LogP contribution in [0.25, 0.3) is 10.9 Å². The molecule has 1 N–H and O–H groups in total. The van der Waals surface area contributed by atoms with Crippen LogP contribution in [0, 0.1) is 13.8 Å². The van der Waals surface area contributed by atoms with Gasteiger partial charge in [-0.2, -0.15) is 0 Å². The van der Waals surface area contributed by atoms with Crippen molar-refractivity contribution in [3.8, 4) is 0 Å². The Labute approximate surface area is 145 Å². The fourth-order valence-corrected chi connectivity index (χ4v) is 2.86. The molecule has 0 amide bonds. The lowest BCUT2D eigenvalue weighted by atomic mass is 10.1. The molecule has 1 aromatic heterocycles. The van der Waals surface area contributed by atoms with E-state index in [1.165, 1.54) is 0 Å². The van der Waals surface area contributed by atoms with Crippen LogP contribution in [0.15, 0.2) is 47.3 Å². The molecule has 0 unspecified atom stereocenters. The zero-order valence-electron chi connectivity index (χ0n) is 14.3. The van der Waals surface area contributed by atoms with Gasteiger partial charge in [0.25, 0.3) is 5.56 Å². The first-order valence-corrected chi connectivity index (χ1v) is 8.22. The number of ether oxygens (including phenoxy) is 1. The van der Waals surface area contributed by atoms with E-state index < -0.39 is 0 Å². The Balaban J connectivity index is 1.60. The molecule has 0 saturated carbocycles. The second kappa shape index (κ2) is 7.30. The lowest BCUT2D eigenvalue weighted by Gasteiger charge is -2.07. The molecular formula is C20H20N2O3. The monoisotopic (exact) mass is 336 g/mol. The molecule has 2 aromatic carbocycles. The molecule has 0 saturated heterocycles. The summed E-state index contributed by atoms with van der Waals surface area (Å²) in [5.41, 5.74) is 3.70. The van der Waals surface area contributed by atoms with E-state index in [0.29, 0.717) is 23.1 Å². The van der Waals surface area contributed by atoms with Crippen molar-refractivity contribution in [2.45, 2.75) is 33.3 Å². The van der Waals surface area contributed by atoms with E-state index in [4.69, 9.17) is 4.74 Å². The molecule has 5 nitrogen and oxygen atoms in total. The summed E-state index contributed by atoms with van der Waals surface area (Å²) in [7, 11) is 0. The first kappa shape index (κ1) is 16.9. The number of hydrogen-bond acceptors (Lipinski definition) is 4. The molecule has 5 heteroatoms. The van der Waals surface area contributed by atoms with Crippen LogP contribution in [0.3, 0.4) is 0 Å². The molecule has 0 radical (unpaired) electrons. The topological polar surface area (TPSA) is 72.0 Å². The highest BCUT2D eigenvalue weighted by Gasteiger charge is 2.08. The molecule has 1 heterocycles. The number of hydrogen-bond donors (Lipinski definition) is 1. The van der Waals surface area contributed by atoms with E-state index in [-0.39, 0.29) is 24.6 Å². The number of nitrogens with one attached hydrogen (secondary N) is 1. The molecule has 0 fully saturated rings. The smallest absolute Gasteiger partial charge is 0.306 e. The van der Waals surface area contributed by atoms with E-state index in [2.05, 4.69) is 16.0 Å². The highest BCUT2D eigenvalue weighted by Crippen LogP contribution is 2.11. The number of rotatable bonds is 5. The van der Waals surface area contributed by atoms with Crippen LogP contribution in [-0.2, 0) is 22.6 Å². The van der Waals surface area contributed by atoms with Crippen molar-refractivity contribution in [3.05, 3.63) is 75.3 Å². The third kappa shape index (κ3) is 4.32. The van der Waals surface area contributed by atoms with Gasteiger partial charge in [0.15, 0.2) is 0 Å². The SMILES string of the molecule is Cc1cc(C)cc(COC(=O)CCc2nc3ccccc3c(=O)[nH]2)c1. The lowest BCUT2D eigenvalue weighted by molar-refractivity contribution is -0.144. The molecule has 128 valence electrons. The lowest BCUT2D eigenvalue weighted by Crippen LogP contribution is -2.14. The van der Waals surface area contributed by atoms with E-state index in [0.717, 1.165) is 16.7 Å². The molecular weight excluding hydrogens is 316 g/mol. The highest BCUT2D eigenvalue weighted by molar-refractivity contribution is 5.77. The molecule has 0 aliphatic heterocycles. The number of carbonyl (C=O) groups excluding carboxylic acids is 1. The number of fused-ring (bicyclic) bond motifs is 1. The van der Waals surface area contributed by atoms with Crippen molar-refractivity contribution in [2.24, 2.45) is 0 Å². The number of aryl methyl sites for hydroxylation is 3. The number of nitrogens with zero attached hydrogens (tertiary/aromatic N) is 1. The Morgan fingerprint density at radius 2 is 1.84 bits per heavy atom. The minimum absolute atomic E-state index is 0.173. The summed E-state index contributed by atoms with van der Waals surface area (Å²) in [5.74, 6) is 0.182. The normalized spacial score (nSPS) is 10.8. The molecule has 3 aromatic rings. The number of esters is 1. The number of aromatic nitrogens is 2. The van der Waals surface area contributed by atoms with Crippen LogP contribution < -0.4 is 5.56 Å². The number of benzene rings is 2. The molecule has 0 spiro atoms. The van der Waals surface area contributed by atoms with Crippen molar-refractivity contribution < 1.29 is 9.53 Å². The van der Waals surface area contributed by atoms with E-state index in [9.17, 15) is 9.59 Å². The van der Waals surface area contributed by atoms with Gasteiger partial charge in [-0.15, -0.1) is 0 Å². The predicted octanol–water partition coefficient (Wildman–Crippen LogP) is 3.22. The van der Waals surface area contributed by atoms with E-state index in [1.807, 2.05) is 32.0 Å². The van der Waals surface area contributed by atoms with Crippen LogP contribution in [-0.4, -0.2) is 15.9 Å². The first-order valence-electron chi connectivity index (χ1n) is 8.22. The van der Waals surface area contributed by atoms with E-state index >= 15 is 0 Å². The summed E-state index contributed by atoms with van der Waals surface area (Å²) in [4.78, 5) is 31.1. The summed E-state index contributed by atoms with van der Waals surface area (Å²) in [5, 5.41) is 0.545. The van der Waals surface area contributed by atoms with Crippen molar-refractivity contribution >= 4 is 16.9 Å². The highest BCUT2D eigenvalue weighted by atomic mass is 16.5. The Kier molecular flexibility index (Phi) is 4.93. The zero-order valence-corrected chi connectivity index (χ0v) is 14.3. The standard InChI is InChI=1S/C20H20N2O3/c1-13-9-14(2)11-15(10-13)12-25-19(23)8-7-18-21-17-6-4-3-5-16(17)20(24)22-18/h3-6,9-11H,7-8,12H2,1-2H3,(H,21,22,24). The maximum Gasteiger partial charge on any atom is 0.306 e. The molecule has 0 aliphatic carbocycles. The number of para-hydroxylation sites is 1. The summed E-state index contributed by atoms with van der Waals surface area (Å²) >= 11 is 0. The second-order valence-corrected chi connectivity index (χ2v) is 6.19. The molecule has 0 aliphatic rings. The van der Waals surface area contributed by atoms with Gasteiger partial charge in [-0.05, 0) is 31.5 Å². The van der Waals surface area contributed by atoms with Crippen LogP contribution in [0.2, 0.25) is 0 Å². The summed E-state index contributed by atoms with van der Waals surface area (Å²) in [6, 6.07) is 13.2. The molecule has 0 atom stereocenters. The van der Waals surface area contributed by atoms with Gasteiger partial charge in [0.05, 0.1) is 17.3 Å². The molecule has 3 rings (SSSR count). The number of aromatic amines is 1. The van der Waals surface area contributed by atoms with Gasteiger partial charge >= 0.3 is 5.97 Å². The van der Waals surface area contributed by atoms with Crippen LogP contribution in [0.1, 0.15) is 28.9 Å². The van der Waals surface area contributed by atoms with Gasteiger partial charge in [-0.25, -0.2) is 4.98 Å². The number of carbonyl (C=O) groups is 1. The van der Waals surface area contributed by atoms with Crippen LogP contribution >= 0.6 is 0 Å². The minimum atomic E-state index is -0.310. The minimum Gasteiger partial charge on any atom is -0.461 e. The van der Waals surface area contributed by atoms with Gasteiger partial charge in [-0.3, -0.25) is 9.59 Å². The maximum atomic E-state index is 12.0. The summed E-state index contributed by atoms with van der Waals surface area (Å²) in [6.45, 7) is 4.28. The summed E-state index contributed by atoms with van der Waals surface area (Å²) < 4.78 is 5.32. The number of H-pyrrole nitrogens is 1. The average molecular weight is 336 g/mol. The second-order valence-electron chi connectivity index (χ2n) is 6.19. The summed E-state index contributed by atoms with van der Waals surface area (Å²) in [6.07, 6.45) is 0.512. The predicted molar refractivity (Wildman–Crippen MR) is 96.4 cm³/mol. The van der Waals surface area contributed by atoms with Crippen LogP contribution in [0.5, 0.6) is 0 Å². The Hall–Kier alpha value is -2.95.